The van der Waals surface area contributed by atoms with Gasteiger partial charge in [-0.3, -0.25) is 4.79 Å². The van der Waals surface area contributed by atoms with E-state index < -0.39 is 86.8 Å². The lowest BCUT2D eigenvalue weighted by Gasteiger charge is -2.46. The molecule has 12 unspecified atom stereocenters. The second kappa shape index (κ2) is 72.9. The van der Waals surface area contributed by atoms with Gasteiger partial charge in [-0.25, -0.2) is 0 Å². The Morgan fingerprint density at radius 1 is 0.349 bits per heavy atom. The molecule has 0 spiro atoms. The minimum Gasteiger partial charge on any atom is -0.394 e. The quantitative estimate of drug-likeness (QED) is 0.0204. The Morgan fingerprint density at radius 3 is 1.04 bits per heavy atom. The Hall–Kier alpha value is -4.91. The molecule has 14 nitrogen and oxygen atoms in total. The first-order valence-electron chi connectivity index (χ1n) is 42.0. The largest absolute Gasteiger partial charge is 0.394 e. The molecule has 0 aliphatic carbocycles. The number of nitrogens with one attached hydrogen (secondary N) is 1. The zero-order valence-corrected chi connectivity index (χ0v) is 66.1. The molecule has 2 aliphatic rings. The van der Waals surface area contributed by atoms with Gasteiger partial charge in [-0.1, -0.05) is 337 Å². The van der Waals surface area contributed by atoms with E-state index in [1.54, 1.807) is 6.08 Å². The first kappa shape index (κ1) is 97.2. The van der Waals surface area contributed by atoms with Crippen LogP contribution >= 0.6 is 0 Å². The summed E-state index contributed by atoms with van der Waals surface area (Å²) in [6.45, 7) is 2.66. The molecular formula is C92H151NO13. The summed E-state index contributed by atoms with van der Waals surface area (Å²) in [6, 6.07) is -0.969. The lowest BCUT2D eigenvalue weighted by molar-refractivity contribution is -0.359. The SMILES string of the molecule is CC/C=C\C/C=C\C/C=C\C/C=C\C/C=C\C/C=C\C/C=C\C/C=C\C/C=C\C/C=C\C/C=C\C/C=C\CCCCCCC(=O)NC(COC1OC(CO)C(OC2OC(CO)C(O)C(O)C2O)C(O)C1O)C(O)/C=C/CC/C=C/CC/C=C/CCCCCCCCCCCCCCCCCCCCCCC. The molecule has 2 fully saturated rings. The van der Waals surface area contributed by atoms with Crippen LogP contribution in [-0.2, 0) is 23.7 Å². The van der Waals surface area contributed by atoms with Gasteiger partial charge in [-0.05, 0) is 135 Å². The topological polar surface area (TPSA) is 228 Å². The highest BCUT2D eigenvalue weighted by atomic mass is 16.7. The third-order valence-corrected chi connectivity index (χ3v) is 19.1. The van der Waals surface area contributed by atoms with Gasteiger partial charge < -0.3 is 65.1 Å². The van der Waals surface area contributed by atoms with E-state index in [0.29, 0.717) is 12.8 Å². The summed E-state index contributed by atoms with van der Waals surface area (Å²) >= 11 is 0. The number of carbonyl (C=O) groups excluding carboxylic acids is 1. The van der Waals surface area contributed by atoms with Crippen LogP contribution < -0.4 is 5.32 Å². The van der Waals surface area contributed by atoms with E-state index in [9.17, 15) is 45.6 Å². The fraction of sp³-hybridized carbons (Fsp3) is 0.663. The molecule has 2 aliphatic heterocycles. The average molecular weight is 1480 g/mol. The Kier molecular flexibility index (Phi) is 66.8. The molecule has 9 N–H and O–H groups in total. The smallest absolute Gasteiger partial charge is 0.220 e. The lowest BCUT2D eigenvalue weighted by atomic mass is 9.97. The fourth-order valence-corrected chi connectivity index (χ4v) is 12.5. The van der Waals surface area contributed by atoms with Crippen LogP contribution in [0.1, 0.15) is 296 Å². The van der Waals surface area contributed by atoms with Gasteiger partial charge in [0.25, 0.3) is 0 Å². The predicted molar refractivity (Wildman–Crippen MR) is 442 cm³/mol. The minimum atomic E-state index is -1.81. The summed E-state index contributed by atoms with van der Waals surface area (Å²) in [5, 5.41) is 87.7. The molecule has 2 saturated heterocycles. The van der Waals surface area contributed by atoms with Crippen molar-refractivity contribution < 1.29 is 64.6 Å². The molecule has 0 saturated carbocycles. The van der Waals surface area contributed by atoms with Gasteiger partial charge >= 0.3 is 0 Å². The van der Waals surface area contributed by atoms with Crippen LogP contribution in [0.3, 0.4) is 0 Å². The van der Waals surface area contributed by atoms with Gasteiger partial charge in [0, 0.05) is 6.42 Å². The third-order valence-electron chi connectivity index (χ3n) is 19.1. The van der Waals surface area contributed by atoms with Crippen molar-refractivity contribution in [2.45, 2.75) is 370 Å². The van der Waals surface area contributed by atoms with Crippen LogP contribution in [0.5, 0.6) is 0 Å². The summed E-state index contributed by atoms with van der Waals surface area (Å²) in [6.07, 6.45) is 98.3. The van der Waals surface area contributed by atoms with Gasteiger partial charge in [-0.2, -0.15) is 0 Å². The number of aliphatic hydroxyl groups excluding tert-OH is 8. The van der Waals surface area contributed by atoms with Crippen molar-refractivity contribution in [3.8, 4) is 0 Å². The molecule has 0 aromatic heterocycles. The summed E-state index contributed by atoms with van der Waals surface area (Å²) in [5.74, 6) is -0.283. The van der Waals surface area contributed by atoms with E-state index in [2.05, 4.69) is 189 Å². The molecule has 602 valence electrons. The first-order valence-corrected chi connectivity index (χ1v) is 42.0. The van der Waals surface area contributed by atoms with Crippen LogP contribution in [0.25, 0.3) is 0 Å². The number of carbonyl (C=O) groups is 1. The Bertz CT molecular complexity index is 2500. The van der Waals surface area contributed by atoms with Gasteiger partial charge in [0.15, 0.2) is 12.6 Å². The number of unbranched alkanes of at least 4 members (excludes halogenated alkanes) is 27. The van der Waals surface area contributed by atoms with Crippen LogP contribution in [0.4, 0.5) is 0 Å². The van der Waals surface area contributed by atoms with Gasteiger partial charge in [0.05, 0.1) is 32.0 Å². The molecule has 0 aromatic carbocycles. The van der Waals surface area contributed by atoms with Crippen molar-refractivity contribution in [1.82, 2.24) is 5.32 Å². The Morgan fingerprint density at radius 2 is 0.660 bits per heavy atom. The summed E-state index contributed by atoms with van der Waals surface area (Å²) in [5.41, 5.74) is 0. The fourth-order valence-electron chi connectivity index (χ4n) is 12.5. The molecule has 0 radical (unpaired) electrons. The Labute approximate surface area is 644 Å². The van der Waals surface area contributed by atoms with Crippen molar-refractivity contribution in [2.75, 3.05) is 19.8 Å². The van der Waals surface area contributed by atoms with E-state index in [1.165, 1.54) is 135 Å². The maximum absolute atomic E-state index is 13.4. The standard InChI is InChI=1S/C92H151NO13/c1-3-5-7-9-11-13-15-17-19-21-23-25-27-29-31-33-35-36-37-38-39-40-41-42-43-44-46-48-50-52-54-56-58-60-62-64-66-68-70-72-74-76-84(97)93-80(79-103-91-89(102)87(100)90(83(78-95)105-91)106-92-88(101)86(99)85(98)82(77-94)104-92)81(96)75-73-71-69-67-65-63-61-59-57-55-53-51-49-47-45-34-32-30-28-26-24-22-20-18-16-14-12-10-8-6-4-2/h5,7,11,13,17,19,23,25,29,31,35-36,38-39,41-42,44,46,50,52,56-59,62,64-65,67,73,75,80-83,85-92,94-96,98-102H,3-4,6,8-10,12,14-16,18,20-22,24,26-28,30,32-34,37,40,43,45,47-49,51,53-55,60-61,63,66,68-72,74,76-79H2,1-2H3,(H,93,97)/b7-5-,13-11-,19-17-,25-23-,31-29-,36-35-,39-38-,42-41-,46-44-,52-50-,58-56-,59-57+,64-62-,67-65+,75-73+. The second-order valence-corrected chi connectivity index (χ2v) is 28.5. The molecule has 12 atom stereocenters. The first-order chi connectivity index (χ1) is 52.1. The van der Waals surface area contributed by atoms with E-state index >= 15 is 0 Å². The molecule has 0 bridgehead atoms. The van der Waals surface area contributed by atoms with Crippen LogP contribution in [-0.4, -0.2) is 140 Å². The van der Waals surface area contributed by atoms with Crippen molar-refractivity contribution in [3.05, 3.63) is 182 Å². The summed E-state index contributed by atoms with van der Waals surface area (Å²) in [7, 11) is 0. The van der Waals surface area contributed by atoms with Crippen molar-refractivity contribution >= 4 is 5.91 Å². The molecule has 106 heavy (non-hydrogen) atoms. The lowest BCUT2D eigenvalue weighted by Crippen LogP contribution is -2.65. The molecule has 1 amide bonds. The number of aliphatic hydroxyl groups is 8. The minimum absolute atomic E-state index is 0.228. The van der Waals surface area contributed by atoms with Crippen molar-refractivity contribution in [2.24, 2.45) is 0 Å². The normalized spacial score (nSPS) is 22.3. The van der Waals surface area contributed by atoms with Crippen LogP contribution in [0, 0.1) is 0 Å². The number of allylic oxidation sites excluding steroid dienone is 29. The maximum atomic E-state index is 13.4. The van der Waals surface area contributed by atoms with E-state index in [1.807, 2.05) is 6.08 Å². The molecule has 2 heterocycles. The second-order valence-electron chi connectivity index (χ2n) is 28.5. The Balaban J connectivity index is 1.66. The third kappa shape index (κ3) is 54.6. The molecule has 2 rings (SSSR count). The molecule has 0 aromatic rings. The highest BCUT2D eigenvalue weighted by Gasteiger charge is 2.51. The highest BCUT2D eigenvalue weighted by molar-refractivity contribution is 5.76. The monoisotopic (exact) mass is 1480 g/mol. The van der Waals surface area contributed by atoms with Gasteiger partial charge in [0.2, 0.25) is 5.91 Å². The van der Waals surface area contributed by atoms with E-state index in [-0.39, 0.29) is 18.9 Å². The zero-order valence-electron chi connectivity index (χ0n) is 66.1. The molecule has 14 heteroatoms. The maximum Gasteiger partial charge on any atom is 0.220 e. The average Bonchev–Trinajstić information content (AvgIpc) is 0.790. The predicted octanol–water partition coefficient (Wildman–Crippen LogP) is 20.0. The number of rotatable bonds is 68. The van der Waals surface area contributed by atoms with E-state index in [0.717, 1.165) is 128 Å². The number of amides is 1. The van der Waals surface area contributed by atoms with Crippen LogP contribution in [0.15, 0.2) is 182 Å². The summed E-state index contributed by atoms with van der Waals surface area (Å²) < 4.78 is 22.9. The number of hydrogen-bond acceptors (Lipinski definition) is 13. The number of hydrogen-bond donors (Lipinski definition) is 9. The number of ether oxygens (including phenoxy) is 4. The van der Waals surface area contributed by atoms with Crippen molar-refractivity contribution in [1.29, 1.82) is 0 Å². The van der Waals surface area contributed by atoms with Crippen LogP contribution in [0.2, 0.25) is 0 Å². The van der Waals surface area contributed by atoms with E-state index in [4.69, 9.17) is 18.9 Å². The summed E-state index contributed by atoms with van der Waals surface area (Å²) in [4.78, 5) is 13.4. The van der Waals surface area contributed by atoms with Crippen molar-refractivity contribution in [3.63, 3.8) is 0 Å². The molecular weight excluding hydrogens is 1330 g/mol. The van der Waals surface area contributed by atoms with Gasteiger partial charge in [0.1, 0.15) is 48.8 Å². The van der Waals surface area contributed by atoms with Gasteiger partial charge in [-0.15, -0.1) is 0 Å². The highest BCUT2D eigenvalue weighted by Crippen LogP contribution is 2.30. The zero-order chi connectivity index (χ0) is 76.5.